The summed E-state index contributed by atoms with van der Waals surface area (Å²) in [6, 6.07) is 6.94. The van der Waals surface area contributed by atoms with Crippen molar-refractivity contribution in [3.05, 3.63) is 29.3 Å². The summed E-state index contributed by atoms with van der Waals surface area (Å²) in [5.74, 6) is 0. The first-order valence-corrected chi connectivity index (χ1v) is 8.25. The van der Waals surface area contributed by atoms with Gasteiger partial charge in [-0.15, -0.1) is 0 Å². The molecule has 1 aromatic rings. The Morgan fingerprint density at radius 1 is 1.33 bits per heavy atom. The predicted molar refractivity (Wildman–Crippen MR) is 80.4 cm³/mol. The van der Waals surface area contributed by atoms with E-state index < -0.39 is 0 Å². The quantitative estimate of drug-likeness (QED) is 0.901. The van der Waals surface area contributed by atoms with Crippen LogP contribution in [0.15, 0.2) is 18.2 Å². The molecule has 0 unspecified atom stereocenters. The topological polar surface area (TPSA) is 15.3 Å². The average molecular weight is 262 g/mol. The molecule has 0 aromatic heterocycles. The van der Waals surface area contributed by atoms with E-state index in [-0.39, 0.29) is 0 Å². The van der Waals surface area contributed by atoms with Gasteiger partial charge in [0.1, 0.15) is 0 Å². The van der Waals surface area contributed by atoms with E-state index in [4.69, 9.17) is 0 Å². The number of fused-ring (bicyclic) bond motifs is 1. The molecule has 0 saturated carbocycles. The molecule has 1 aromatic carbocycles. The maximum atomic E-state index is 3.43. The molecule has 0 atom stereocenters. The molecule has 0 radical (unpaired) electrons. The predicted octanol–water partition coefficient (Wildman–Crippen LogP) is 2.98. The Kier molecular flexibility index (Phi) is 3.80. The molecule has 3 heteroatoms. The fourth-order valence-corrected chi connectivity index (χ4v) is 3.70. The molecule has 2 aliphatic rings. The van der Waals surface area contributed by atoms with Crippen LogP contribution in [0, 0.1) is 0 Å². The Bertz CT molecular complexity index is 411. The molecular weight excluding hydrogens is 240 g/mol. The van der Waals surface area contributed by atoms with Crippen LogP contribution in [0.5, 0.6) is 0 Å². The number of anilines is 1. The van der Waals surface area contributed by atoms with Crippen molar-refractivity contribution >= 4 is 17.4 Å². The lowest BCUT2D eigenvalue weighted by molar-refractivity contribution is 0.225. The van der Waals surface area contributed by atoms with Crippen LogP contribution in [-0.2, 0) is 13.0 Å². The lowest BCUT2D eigenvalue weighted by Gasteiger charge is -2.31. The van der Waals surface area contributed by atoms with Gasteiger partial charge in [-0.25, -0.2) is 0 Å². The van der Waals surface area contributed by atoms with Gasteiger partial charge < -0.3 is 5.32 Å². The minimum atomic E-state index is 0.894. The summed E-state index contributed by atoms with van der Waals surface area (Å²) in [6.07, 6.45) is 6.15. The molecule has 3 rings (SSSR count). The van der Waals surface area contributed by atoms with Crippen molar-refractivity contribution in [3.63, 3.8) is 0 Å². The molecule has 2 nitrogen and oxygen atoms in total. The molecule has 98 valence electrons. The number of piperidine rings is 1. The maximum absolute atomic E-state index is 3.43. The number of thioether (sulfide) groups is 1. The largest absolute Gasteiger partial charge is 0.384 e. The second-order valence-corrected chi connectivity index (χ2v) is 6.52. The van der Waals surface area contributed by atoms with Gasteiger partial charge in [-0.05, 0) is 55.8 Å². The van der Waals surface area contributed by atoms with E-state index in [0.29, 0.717) is 0 Å². The summed E-state index contributed by atoms with van der Waals surface area (Å²) in [4.78, 5) is 2.61. The highest BCUT2D eigenvalue weighted by molar-refractivity contribution is 7.99. The molecule has 0 aliphatic carbocycles. The number of nitrogens with zero attached hydrogens (tertiary/aromatic N) is 1. The molecule has 2 aliphatic heterocycles. The van der Waals surface area contributed by atoms with Gasteiger partial charge in [-0.2, -0.15) is 11.8 Å². The summed E-state index contributed by atoms with van der Waals surface area (Å²) < 4.78 is 0. The molecule has 18 heavy (non-hydrogen) atoms. The minimum absolute atomic E-state index is 0.894. The SMILES string of the molecule is CSC1CCN(Cc2ccc3c(c2)CCN3)CC1. The van der Waals surface area contributed by atoms with Gasteiger partial charge in [0, 0.05) is 24.0 Å². The standard InChI is InChI=1S/C15H22N2S/c1-18-14-5-8-17(9-6-14)11-12-2-3-15-13(10-12)4-7-16-15/h2-3,10,14,16H,4-9,11H2,1H3. The number of hydrogen-bond acceptors (Lipinski definition) is 3. The van der Waals surface area contributed by atoms with Crippen LogP contribution >= 0.6 is 11.8 Å². The van der Waals surface area contributed by atoms with Gasteiger partial charge >= 0.3 is 0 Å². The van der Waals surface area contributed by atoms with Crippen LogP contribution in [0.1, 0.15) is 24.0 Å². The number of nitrogens with one attached hydrogen (secondary N) is 1. The Labute approximate surface area is 114 Å². The molecule has 1 fully saturated rings. The van der Waals surface area contributed by atoms with Crippen molar-refractivity contribution in [2.45, 2.75) is 31.1 Å². The lowest BCUT2D eigenvalue weighted by Crippen LogP contribution is -2.34. The van der Waals surface area contributed by atoms with Gasteiger partial charge in [-0.3, -0.25) is 4.90 Å². The third-order valence-electron chi connectivity index (χ3n) is 4.15. The number of benzene rings is 1. The second kappa shape index (κ2) is 5.54. The van der Waals surface area contributed by atoms with Gasteiger partial charge in [0.05, 0.1) is 0 Å². The summed E-state index contributed by atoms with van der Waals surface area (Å²) in [5.41, 5.74) is 4.34. The fraction of sp³-hybridized carbons (Fsp3) is 0.600. The van der Waals surface area contributed by atoms with Crippen LogP contribution in [0.4, 0.5) is 5.69 Å². The molecule has 1 N–H and O–H groups in total. The maximum Gasteiger partial charge on any atom is 0.0373 e. The van der Waals surface area contributed by atoms with Crippen LogP contribution in [0.2, 0.25) is 0 Å². The van der Waals surface area contributed by atoms with Crippen LogP contribution in [0.25, 0.3) is 0 Å². The highest BCUT2D eigenvalue weighted by Crippen LogP contribution is 2.25. The van der Waals surface area contributed by atoms with E-state index in [1.807, 2.05) is 11.8 Å². The van der Waals surface area contributed by atoms with Gasteiger partial charge in [0.15, 0.2) is 0 Å². The van der Waals surface area contributed by atoms with Crippen molar-refractivity contribution in [3.8, 4) is 0 Å². The zero-order chi connectivity index (χ0) is 12.4. The van der Waals surface area contributed by atoms with Crippen molar-refractivity contribution in [1.82, 2.24) is 4.90 Å². The van der Waals surface area contributed by atoms with Crippen molar-refractivity contribution in [2.24, 2.45) is 0 Å². The summed E-state index contributed by atoms with van der Waals surface area (Å²) in [7, 11) is 0. The smallest absolute Gasteiger partial charge is 0.0373 e. The Morgan fingerprint density at radius 3 is 2.94 bits per heavy atom. The van der Waals surface area contributed by atoms with E-state index in [1.54, 1.807) is 0 Å². The van der Waals surface area contributed by atoms with E-state index in [2.05, 4.69) is 34.7 Å². The molecule has 0 bridgehead atoms. The number of likely N-dealkylation sites (tertiary alicyclic amines) is 1. The van der Waals surface area contributed by atoms with Crippen molar-refractivity contribution < 1.29 is 0 Å². The number of rotatable bonds is 3. The second-order valence-electron chi connectivity index (χ2n) is 5.38. The molecule has 0 spiro atoms. The number of hydrogen-bond donors (Lipinski definition) is 1. The molecule has 0 amide bonds. The summed E-state index contributed by atoms with van der Waals surface area (Å²) >= 11 is 2.04. The van der Waals surface area contributed by atoms with E-state index in [9.17, 15) is 0 Å². The van der Waals surface area contributed by atoms with Gasteiger partial charge in [-0.1, -0.05) is 12.1 Å². The summed E-state index contributed by atoms with van der Waals surface area (Å²) in [5, 5.41) is 4.32. The van der Waals surface area contributed by atoms with Crippen LogP contribution in [0.3, 0.4) is 0 Å². The zero-order valence-electron chi connectivity index (χ0n) is 11.1. The van der Waals surface area contributed by atoms with E-state index >= 15 is 0 Å². The molecule has 1 saturated heterocycles. The fourth-order valence-electron chi connectivity index (χ4n) is 3.02. The van der Waals surface area contributed by atoms with Crippen molar-refractivity contribution in [2.75, 3.05) is 31.2 Å². The van der Waals surface area contributed by atoms with Gasteiger partial charge in [0.2, 0.25) is 0 Å². The highest BCUT2D eigenvalue weighted by Gasteiger charge is 2.18. The first-order valence-electron chi connectivity index (χ1n) is 6.96. The van der Waals surface area contributed by atoms with Crippen LogP contribution in [-0.4, -0.2) is 36.0 Å². The zero-order valence-corrected chi connectivity index (χ0v) is 11.9. The molecular formula is C15H22N2S. The van der Waals surface area contributed by atoms with Gasteiger partial charge in [0.25, 0.3) is 0 Å². The highest BCUT2D eigenvalue weighted by atomic mass is 32.2. The Hall–Kier alpha value is -0.670. The van der Waals surface area contributed by atoms with E-state index in [1.165, 1.54) is 49.2 Å². The average Bonchev–Trinajstić information content (AvgIpc) is 2.87. The lowest BCUT2D eigenvalue weighted by atomic mass is 10.1. The Morgan fingerprint density at radius 2 is 2.17 bits per heavy atom. The van der Waals surface area contributed by atoms with Crippen molar-refractivity contribution in [1.29, 1.82) is 0 Å². The normalized spacial score (nSPS) is 20.7. The summed E-state index contributed by atoms with van der Waals surface area (Å²) in [6.45, 7) is 4.77. The Balaban J connectivity index is 1.60. The first kappa shape index (κ1) is 12.4. The van der Waals surface area contributed by atoms with Crippen LogP contribution < -0.4 is 5.32 Å². The third kappa shape index (κ3) is 2.67. The third-order valence-corrected chi connectivity index (χ3v) is 5.29. The first-order chi connectivity index (χ1) is 8.85. The minimum Gasteiger partial charge on any atom is -0.384 e. The molecule has 2 heterocycles. The monoisotopic (exact) mass is 262 g/mol. The van der Waals surface area contributed by atoms with E-state index in [0.717, 1.165) is 18.3 Å².